The van der Waals surface area contributed by atoms with Crippen LogP contribution in [0, 0.1) is 6.92 Å². The van der Waals surface area contributed by atoms with Gasteiger partial charge in [-0.1, -0.05) is 11.5 Å². The van der Waals surface area contributed by atoms with Gasteiger partial charge in [0.2, 0.25) is 0 Å². The van der Waals surface area contributed by atoms with E-state index in [1.165, 1.54) is 5.46 Å². The first-order chi connectivity index (χ1) is 4.20. The summed E-state index contributed by atoms with van der Waals surface area (Å²) in [5.74, 6) is 0.595. The maximum atomic E-state index is 5.42. The number of hydrogen-bond acceptors (Lipinski definition) is 2. The minimum atomic E-state index is 0.595. The molecule has 0 atom stereocenters. The number of pyridine rings is 1. The molecule has 3 heteroatoms. The molecule has 0 bridgehead atoms. The van der Waals surface area contributed by atoms with E-state index in [-0.39, 0.29) is 0 Å². The Kier molecular flexibility index (Phi) is 1.43. The summed E-state index contributed by atoms with van der Waals surface area (Å²) in [5.41, 5.74) is 7.61. The van der Waals surface area contributed by atoms with Gasteiger partial charge in [0.15, 0.2) is 0 Å². The highest BCUT2D eigenvalue weighted by atomic mass is 14.8. The summed E-state index contributed by atoms with van der Waals surface area (Å²) < 4.78 is 0. The summed E-state index contributed by atoms with van der Waals surface area (Å²) in [4.78, 5) is 4.05. The van der Waals surface area contributed by atoms with Crippen molar-refractivity contribution < 1.29 is 0 Å². The fourth-order valence-corrected chi connectivity index (χ4v) is 0.650. The van der Waals surface area contributed by atoms with Crippen LogP contribution in [0.15, 0.2) is 12.1 Å². The zero-order chi connectivity index (χ0) is 6.85. The summed E-state index contributed by atoms with van der Waals surface area (Å²) in [6, 6.07) is 3.78. The molecule has 0 saturated carbocycles. The molecule has 0 amide bonds. The van der Waals surface area contributed by atoms with Crippen LogP contribution >= 0.6 is 0 Å². The van der Waals surface area contributed by atoms with Crippen molar-refractivity contribution in [3.05, 3.63) is 17.8 Å². The highest BCUT2D eigenvalue weighted by molar-refractivity contribution is 6.33. The van der Waals surface area contributed by atoms with Gasteiger partial charge in [-0.25, -0.2) is 4.98 Å². The fourth-order valence-electron chi connectivity index (χ4n) is 0.650. The van der Waals surface area contributed by atoms with E-state index in [1.54, 1.807) is 0 Å². The molecule has 2 N–H and O–H groups in total. The number of nitrogen functional groups attached to an aromatic ring is 1. The van der Waals surface area contributed by atoms with Crippen LogP contribution in [0.25, 0.3) is 0 Å². The van der Waals surface area contributed by atoms with Crippen LogP contribution in [-0.4, -0.2) is 12.8 Å². The minimum Gasteiger partial charge on any atom is -0.384 e. The molecular weight excluding hydrogens is 111 g/mol. The lowest BCUT2D eigenvalue weighted by molar-refractivity contribution is 1.23. The molecule has 2 nitrogen and oxygen atoms in total. The predicted molar refractivity (Wildman–Crippen MR) is 41.6 cm³/mol. The Morgan fingerprint density at radius 2 is 2.22 bits per heavy atom. The van der Waals surface area contributed by atoms with E-state index >= 15 is 0 Å². The van der Waals surface area contributed by atoms with E-state index in [9.17, 15) is 0 Å². The Hall–Kier alpha value is -0.985. The van der Waals surface area contributed by atoms with Gasteiger partial charge in [-0.15, -0.1) is 0 Å². The number of hydrogen-bond donors (Lipinski definition) is 1. The zero-order valence-electron chi connectivity index (χ0n) is 5.68. The van der Waals surface area contributed by atoms with E-state index < -0.39 is 0 Å². The molecule has 46 valence electrons. The van der Waals surface area contributed by atoms with Gasteiger partial charge in [0.25, 0.3) is 0 Å². The van der Waals surface area contributed by atoms with Crippen molar-refractivity contribution in [2.24, 2.45) is 0 Å². The topological polar surface area (TPSA) is 38.9 Å². The van der Waals surface area contributed by atoms with Crippen molar-refractivity contribution in [1.82, 2.24) is 4.98 Å². The monoisotopic (exact) mass is 120 g/mol. The molecular formula is C6H9BN2. The van der Waals surface area contributed by atoms with Crippen molar-refractivity contribution in [3.63, 3.8) is 0 Å². The highest BCUT2D eigenvalue weighted by Gasteiger charge is 1.91. The SMILES string of the molecule is Bc1ccc(N)nc1C. The molecule has 0 spiro atoms. The van der Waals surface area contributed by atoms with Gasteiger partial charge in [0, 0.05) is 5.69 Å². The molecule has 0 unspecified atom stereocenters. The number of anilines is 1. The van der Waals surface area contributed by atoms with Gasteiger partial charge in [0.05, 0.1) is 0 Å². The molecule has 0 aromatic carbocycles. The third-order valence-corrected chi connectivity index (χ3v) is 1.37. The van der Waals surface area contributed by atoms with Gasteiger partial charge in [0.1, 0.15) is 13.7 Å². The lowest BCUT2D eigenvalue weighted by Crippen LogP contribution is -2.09. The van der Waals surface area contributed by atoms with Crippen LogP contribution in [0.2, 0.25) is 0 Å². The van der Waals surface area contributed by atoms with Gasteiger partial charge < -0.3 is 5.73 Å². The largest absolute Gasteiger partial charge is 0.384 e. The van der Waals surface area contributed by atoms with Gasteiger partial charge in [-0.3, -0.25) is 0 Å². The smallest absolute Gasteiger partial charge is 0.141 e. The zero-order valence-corrected chi connectivity index (χ0v) is 5.68. The highest BCUT2D eigenvalue weighted by Crippen LogP contribution is 1.93. The Balaban J connectivity index is 3.17. The summed E-state index contributed by atoms with van der Waals surface area (Å²) in [6.07, 6.45) is 0. The second kappa shape index (κ2) is 2.09. The molecule has 9 heavy (non-hydrogen) atoms. The van der Waals surface area contributed by atoms with Crippen molar-refractivity contribution in [3.8, 4) is 0 Å². The third-order valence-electron chi connectivity index (χ3n) is 1.37. The summed E-state index contributed by atoms with van der Waals surface area (Å²) in [6.45, 7) is 1.95. The number of aryl methyl sites for hydroxylation is 1. The molecule has 0 aliphatic carbocycles. The normalized spacial score (nSPS) is 9.44. The molecule has 1 heterocycles. The van der Waals surface area contributed by atoms with E-state index in [4.69, 9.17) is 5.73 Å². The van der Waals surface area contributed by atoms with Crippen LogP contribution in [0.1, 0.15) is 5.69 Å². The van der Waals surface area contributed by atoms with Crippen molar-refractivity contribution >= 4 is 19.1 Å². The minimum absolute atomic E-state index is 0.595. The Labute approximate surface area is 55.5 Å². The predicted octanol–water partition coefficient (Wildman–Crippen LogP) is -0.769. The number of rotatable bonds is 0. The summed E-state index contributed by atoms with van der Waals surface area (Å²) in [5, 5.41) is 0. The standard InChI is InChI=1S/C6H9BN2/c1-4-5(7)2-3-6(8)9-4/h2-3H,7H2,1H3,(H2,8,9). The third kappa shape index (κ3) is 1.22. The number of nitrogens with zero attached hydrogens (tertiary/aromatic N) is 1. The van der Waals surface area contributed by atoms with Crippen LogP contribution < -0.4 is 11.2 Å². The molecule has 1 aromatic heterocycles. The van der Waals surface area contributed by atoms with Crippen molar-refractivity contribution in [2.45, 2.75) is 6.92 Å². The fraction of sp³-hybridized carbons (Fsp3) is 0.167. The van der Waals surface area contributed by atoms with E-state index in [0.717, 1.165) is 5.69 Å². The molecule has 0 aliphatic rings. The summed E-state index contributed by atoms with van der Waals surface area (Å²) >= 11 is 0. The number of nitrogens with two attached hydrogens (primary N) is 1. The first kappa shape index (κ1) is 6.14. The molecule has 0 aliphatic heterocycles. The molecule has 0 radical (unpaired) electrons. The van der Waals surface area contributed by atoms with Gasteiger partial charge in [-0.2, -0.15) is 0 Å². The van der Waals surface area contributed by atoms with Gasteiger partial charge in [-0.05, 0) is 13.0 Å². The van der Waals surface area contributed by atoms with Crippen molar-refractivity contribution in [2.75, 3.05) is 5.73 Å². The second-order valence-electron chi connectivity index (χ2n) is 2.14. The lowest BCUT2D eigenvalue weighted by Gasteiger charge is -1.97. The van der Waals surface area contributed by atoms with Crippen LogP contribution in [-0.2, 0) is 0 Å². The van der Waals surface area contributed by atoms with E-state index in [0.29, 0.717) is 5.82 Å². The van der Waals surface area contributed by atoms with Gasteiger partial charge >= 0.3 is 0 Å². The van der Waals surface area contributed by atoms with Crippen LogP contribution in [0.5, 0.6) is 0 Å². The molecule has 1 aromatic rings. The second-order valence-corrected chi connectivity index (χ2v) is 2.14. The van der Waals surface area contributed by atoms with Crippen LogP contribution in [0.4, 0.5) is 5.82 Å². The molecule has 0 saturated heterocycles. The Morgan fingerprint density at radius 3 is 2.67 bits per heavy atom. The quantitative estimate of drug-likeness (QED) is 0.456. The maximum absolute atomic E-state index is 5.42. The first-order valence-corrected chi connectivity index (χ1v) is 2.90. The van der Waals surface area contributed by atoms with Crippen molar-refractivity contribution in [1.29, 1.82) is 0 Å². The molecule has 0 fully saturated rings. The van der Waals surface area contributed by atoms with E-state index in [1.807, 2.05) is 26.9 Å². The summed E-state index contributed by atoms with van der Waals surface area (Å²) in [7, 11) is 2.02. The molecule has 1 rings (SSSR count). The maximum Gasteiger partial charge on any atom is 0.141 e. The van der Waals surface area contributed by atoms with Crippen LogP contribution in [0.3, 0.4) is 0 Å². The Morgan fingerprint density at radius 1 is 1.56 bits per heavy atom. The average Bonchev–Trinajstić information content (AvgIpc) is 1.80. The Bertz CT molecular complexity index is 222. The lowest BCUT2D eigenvalue weighted by atomic mass is 9.95. The first-order valence-electron chi connectivity index (χ1n) is 2.90. The number of aromatic nitrogens is 1. The van der Waals surface area contributed by atoms with E-state index in [2.05, 4.69) is 4.98 Å². The average molecular weight is 120 g/mol.